The summed E-state index contributed by atoms with van der Waals surface area (Å²) in [4.78, 5) is 0. The van der Waals surface area contributed by atoms with Crippen LogP contribution in [-0.2, 0) is 6.42 Å². The number of benzene rings is 1. The summed E-state index contributed by atoms with van der Waals surface area (Å²) in [7, 11) is 0. The van der Waals surface area contributed by atoms with E-state index in [1.165, 1.54) is 17.5 Å². The van der Waals surface area contributed by atoms with E-state index in [4.69, 9.17) is 0 Å². The van der Waals surface area contributed by atoms with Gasteiger partial charge in [0.25, 0.3) is 0 Å². The summed E-state index contributed by atoms with van der Waals surface area (Å²) in [6, 6.07) is 8.53. The average molecular weight is 323 g/mol. The maximum atomic E-state index is 10.6. The molecule has 1 aromatic heterocycles. The van der Waals surface area contributed by atoms with E-state index in [0.29, 0.717) is 0 Å². The van der Waals surface area contributed by atoms with Crippen molar-refractivity contribution in [2.75, 3.05) is 0 Å². The monoisotopic (exact) mass is 322 g/mol. The number of thiophene rings is 1. The molecule has 1 aliphatic carbocycles. The molecule has 1 aliphatic rings. The molecule has 0 fully saturated rings. The Morgan fingerprint density at radius 3 is 2.89 bits per heavy atom. The third-order valence-electron chi connectivity index (χ3n) is 3.76. The molecule has 0 bridgehead atoms. The van der Waals surface area contributed by atoms with Gasteiger partial charge >= 0.3 is 0 Å². The Morgan fingerprint density at radius 2 is 2.11 bits per heavy atom. The van der Waals surface area contributed by atoms with Gasteiger partial charge in [0.15, 0.2) is 0 Å². The molecule has 0 radical (unpaired) electrons. The van der Waals surface area contributed by atoms with Crippen molar-refractivity contribution in [3.63, 3.8) is 0 Å². The minimum atomic E-state index is -0.396. The van der Waals surface area contributed by atoms with Gasteiger partial charge in [0, 0.05) is 21.3 Å². The largest absolute Gasteiger partial charge is 0.388 e. The molecule has 0 spiro atoms. The molecule has 94 valence electrons. The van der Waals surface area contributed by atoms with Gasteiger partial charge in [0.05, 0.1) is 6.10 Å². The fourth-order valence-corrected chi connectivity index (χ4v) is 4.40. The SMILES string of the molecule is OC(c1cscc1Br)C1CCCc2ccccc21. The first kappa shape index (κ1) is 12.4. The zero-order chi connectivity index (χ0) is 12.5. The molecular weight excluding hydrogens is 308 g/mol. The van der Waals surface area contributed by atoms with Gasteiger partial charge in [-0.1, -0.05) is 24.3 Å². The van der Waals surface area contributed by atoms with Gasteiger partial charge in [-0.25, -0.2) is 0 Å². The number of aryl methyl sites for hydroxylation is 1. The lowest BCUT2D eigenvalue weighted by atomic mass is 9.78. The van der Waals surface area contributed by atoms with Crippen LogP contribution in [0.2, 0.25) is 0 Å². The Morgan fingerprint density at radius 1 is 1.28 bits per heavy atom. The molecule has 3 heteroatoms. The fraction of sp³-hybridized carbons (Fsp3) is 0.333. The molecule has 2 aromatic rings. The summed E-state index contributed by atoms with van der Waals surface area (Å²) in [5.74, 6) is 0.237. The molecule has 1 heterocycles. The number of fused-ring (bicyclic) bond motifs is 1. The van der Waals surface area contributed by atoms with Gasteiger partial charge in [-0.05, 0) is 51.7 Å². The van der Waals surface area contributed by atoms with Crippen LogP contribution in [0.1, 0.15) is 41.6 Å². The van der Waals surface area contributed by atoms with Crippen molar-refractivity contribution in [3.05, 3.63) is 56.2 Å². The van der Waals surface area contributed by atoms with E-state index in [1.54, 1.807) is 11.3 Å². The molecule has 18 heavy (non-hydrogen) atoms. The van der Waals surface area contributed by atoms with Crippen LogP contribution >= 0.6 is 27.3 Å². The second kappa shape index (κ2) is 5.16. The maximum Gasteiger partial charge on any atom is 0.0877 e. The van der Waals surface area contributed by atoms with Gasteiger partial charge < -0.3 is 5.11 Å². The molecule has 3 rings (SSSR count). The van der Waals surface area contributed by atoms with Crippen molar-refractivity contribution in [1.82, 2.24) is 0 Å². The Bertz CT molecular complexity index is 549. The van der Waals surface area contributed by atoms with E-state index in [2.05, 4.69) is 40.2 Å². The number of hydrogen-bond donors (Lipinski definition) is 1. The lowest BCUT2D eigenvalue weighted by Gasteiger charge is -2.29. The lowest BCUT2D eigenvalue weighted by Crippen LogP contribution is -2.17. The average Bonchev–Trinajstić information content (AvgIpc) is 2.83. The van der Waals surface area contributed by atoms with E-state index >= 15 is 0 Å². The third kappa shape index (κ3) is 2.15. The highest BCUT2D eigenvalue weighted by Crippen LogP contribution is 2.42. The second-order valence-electron chi connectivity index (χ2n) is 4.82. The number of aliphatic hydroxyl groups excluding tert-OH is 1. The van der Waals surface area contributed by atoms with Crippen LogP contribution in [0, 0.1) is 0 Å². The molecule has 0 saturated heterocycles. The summed E-state index contributed by atoms with van der Waals surface area (Å²) in [6.07, 6.45) is 2.98. The zero-order valence-corrected chi connectivity index (χ0v) is 12.4. The van der Waals surface area contributed by atoms with Crippen molar-refractivity contribution < 1.29 is 5.11 Å². The number of halogens is 1. The van der Waals surface area contributed by atoms with Crippen LogP contribution in [0.15, 0.2) is 39.5 Å². The molecular formula is C15H15BrOS. The van der Waals surface area contributed by atoms with E-state index in [1.807, 2.05) is 10.8 Å². The van der Waals surface area contributed by atoms with Crippen molar-refractivity contribution >= 4 is 27.3 Å². The zero-order valence-electron chi connectivity index (χ0n) is 9.97. The third-order valence-corrected chi connectivity index (χ3v) is 5.51. The molecule has 1 N–H and O–H groups in total. The van der Waals surface area contributed by atoms with Gasteiger partial charge in [0.2, 0.25) is 0 Å². The van der Waals surface area contributed by atoms with Crippen molar-refractivity contribution in [2.24, 2.45) is 0 Å². The number of rotatable bonds is 2. The predicted molar refractivity (Wildman–Crippen MR) is 79.1 cm³/mol. The first-order chi connectivity index (χ1) is 8.77. The Hall–Kier alpha value is -0.640. The Labute approximate surface area is 120 Å². The number of aliphatic hydroxyl groups is 1. The second-order valence-corrected chi connectivity index (χ2v) is 6.42. The van der Waals surface area contributed by atoms with Crippen LogP contribution in [-0.4, -0.2) is 5.11 Å². The fourth-order valence-electron chi connectivity index (χ4n) is 2.84. The van der Waals surface area contributed by atoms with Crippen LogP contribution in [0.4, 0.5) is 0 Å². The lowest BCUT2D eigenvalue weighted by molar-refractivity contribution is 0.136. The Balaban J connectivity index is 1.97. The smallest absolute Gasteiger partial charge is 0.0877 e. The van der Waals surface area contributed by atoms with E-state index in [-0.39, 0.29) is 5.92 Å². The van der Waals surface area contributed by atoms with Gasteiger partial charge in [0.1, 0.15) is 0 Å². The molecule has 1 nitrogen and oxygen atoms in total. The van der Waals surface area contributed by atoms with Gasteiger partial charge in [-0.15, -0.1) is 0 Å². The highest BCUT2D eigenvalue weighted by Gasteiger charge is 2.28. The van der Waals surface area contributed by atoms with E-state index < -0.39 is 6.10 Å². The molecule has 2 unspecified atom stereocenters. The summed E-state index contributed by atoms with van der Waals surface area (Å²) >= 11 is 5.16. The highest BCUT2D eigenvalue weighted by molar-refractivity contribution is 9.10. The predicted octanol–water partition coefficient (Wildman–Crippen LogP) is 4.66. The summed E-state index contributed by atoms with van der Waals surface area (Å²) in [5, 5.41) is 14.7. The highest BCUT2D eigenvalue weighted by atomic mass is 79.9. The minimum Gasteiger partial charge on any atom is -0.388 e. The van der Waals surface area contributed by atoms with E-state index in [9.17, 15) is 5.11 Å². The molecule has 2 atom stereocenters. The van der Waals surface area contributed by atoms with Crippen molar-refractivity contribution in [1.29, 1.82) is 0 Å². The normalized spacial score (nSPS) is 20.4. The maximum absolute atomic E-state index is 10.6. The standard InChI is InChI=1S/C15H15BrOS/c16-14-9-18-8-13(14)15(17)12-7-3-5-10-4-1-2-6-11(10)12/h1-2,4,6,8-9,12,15,17H,3,5,7H2. The Kier molecular flexibility index (Phi) is 3.55. The number of hydrogen-bond acceptors (Lipinski definition) is 2. The van der Waals surface area contributed by atoms with Crippen LogP contribution < -0.4 is 0 Å². The first-order valence-electron chi connectivity index (χ1n) is 6.25. The summed E-state index contributed by atoms with van der Waals surface area (Å²) in [6.45, 7) is 0. The van der Waals surface area contributed by atoms with Crippen LogP contribution in [0.5, 0.6) is 0 Å². The quantitative estimate of drug-likeness (QED) is 0.852. The van der Waals surface area contributed by atoms with Gasteiger partial charge in [-0.3, -0.25) is 0 Å². The van der Waals surface area contributed by atoms with Crippen molar-refractivity contribution in [2.45, 2.75) is 31.3 Å². The topological polar surface area (TPSA) is 20.2 Å². The first-order valence-corrected chi connectivity index (χ1v) is 7.98. The summed E-state index contributed by atoms with van der Waals surface area (Å²) in [5.41, 5.74) is 3.76. The van der Waals surface area contributed by atoms with Gasteiger partial charge in [-0.2, -0.15) is 11.3 Å². The summed E-state index contributed by atoms with van der Waals surface area (Å²) < 4.78 is 1.03. The van der Waals surface area contributed by atoms with Crippen LogP contribution in [0.25, 0.3) is 0 Å². The minimum absolute atomic E-state index is 0.237. The molecule has 0 aliphatic heterocycles. The molecule has 0 saturated carbocycles. The molecule has 0 amide bonds. The molecule has 1 aromatic carbocycles. The van der Waals surface area contributed by atoms with Crippen molar-refractivity contribution in [3.8, 4) is 0 Å². The van der Waals surface area contributed by atoms with Crippen LogP contribution in [0.3, 0.4) is 0 Å². The van der Waals surface area contributed by atoms with E-state index in [0.717, 1.165) is 22.9 Å².